The second kappa shape index (κ2) is 7.50. The maximum absolute atomic E-state index is 12.0. The number of nitrogens with two attached hydrogens (primary N) is 1. The lowest BCUT2D eigenvalue weighted by molar-refractivity contribution is -0.119. The Bertz CT molecular complexity index is 751. The van der Waals surface area contributed by atoms with E-state index in [-0.39, 0.29) is 12.2 Å². The first-order valence-electron chi connectivity index (χ1n) is 7.39. The number of nitrogens with one attached hydrogen (secondary N) is 1. The summed E-state index contributed by atoms with van der Waals surface area (Å²) in [7, 11) is 1.49. The lowest BCUT2D eigenvalue weighted by atomic mass is 10.1. The van der Waals surface area contributed by atoms with Crippen molar-refractivity contribution in [3.05, 3.63) is 53.1 Å². The molecule has 2 aromatic carbocycles. The van der Waals surface area contributed by atoms with Gasteiger partial charge in [-0.15, -0.1) is 0 Å². The molecule has 0 saturated heterocycles. The molecule has 0 aliphatic rings. The van der Waals surface area contributed by atoms with Crippen LogP contribution in [0.5, 0.6) is 5.75 Å². The van der Waals surface area contributed by atoms with E-state index in [1.165, 1.54) is 19.2 Å². The highest BCUT2D eigenvalue weighted by atomic mass is 16.5. The predicted molar refractivity (Wildman–Crippen MR) is 92.2 cm³/mol. The molecule has 2 rings (SSSR count). The number of anilines is 2. The van der Waals surface area contributed by atoms with Crippen LogP contribution in [0, 0.1) is 13.8 Å². The average Bonchev–Trinajstić information content (AvgIpc) is 2.56. The third-order valence-corrected chi connectivity index (χ3v) is 3.55. The van der Waals surface area contributed by atoms with Gasteiger partial charge in [-0.25, -0.2) is 4.79 Å². The summed E-state index contributed by atoms with van der Waals surface area (Å²) in [6.07, 6.45) is 0. The normalized spacial score (nSPS) is 10.1. The molecular formula is C18H20N2O4. The summed E-state index contributed by atoms with van der Waals surface area (Å²) >= 11 is 0. The van der Waals surface area contributed by atoms with E-state index in [1.54, 1.807) is 6.07 Å². The van der Waals surface area contributed by atoms with Crippen molar-refractivity contribution in [1.82, 2.24) is 0 Å². The van der Waals surface area contributed by atoms with Gasteiger partial charge in [-0.05, 0) is 43.2 Å². The SMILES string of the molecule is COc1ccc(C(=O)OCC(=O)Nc2c(C)cccc2C)cc1N. The molecule has 0 saturated carbocycles. The fraction of sp³-hybridized carbons (Fsp3) is 0.222. The molecule has 0 aliphatic heterocycles. The van der Waals surface area contributed by atoms with Gasteiger partial charge in [0.1, 0.15) is 5.75 Å². The highest BCUT2D eigenvalue weighted by Crippen LogP contribution is 2.22. The molecule has 3 N–H and O–H groups in total. The number of ether oxygens (including phenoxy) is 2. The van der Waals surface area contributed by atoms with Crippen LogP contribution in [0.1, 0.15) is 21.5 Å². The largest absolute Gasteiger partial charge is 0.495 e. The van der Waals surface area contributed by atoms with Crippen molar-refractivity contribution in [3.63, 3.8) is 0 Å². The van der Waals surface area contributed by atoms with Gasteiger partial charge >= 0.3 is 5.97 Å². The number of carbonyl (C=O) groups is 2. The van der Waals surface area contributed by atoms with Crippen molar-refractivity contribution >= 4 is 23.3 Å². The highest BCUT2D eigenvalue weighted by molar-refractivity contribution is 5.96. The molecule has 2 aromatic rings. The zero-order valence-electron chi connectivity index (χ0n) is 13.9. The summed E-state index contributed by atoms with van der Waals surface area (Å²) in [5.41, 5.74) is 8.95. The molecule has 6 nitrogen and oxygen atoms in total. The zero-order valence-corrected chi connectivity index (χ0v) is 13.9. The minimum atomic E-state index is -0.624. The average molecular weight is 328 g/mol. The van der Waals surface area contributed by atoms with E-state index in [4.69, 9.17) is 15.2 Å². The number of benzene rings is 2. The number of methoxy groups -OCH3 is 1. The van der Waals surface area contributed by atoms with Gasteiger partial charge in [0.25, 0.3) is 5.91 Å². The molecule has 1 amide bonds. The number of amides is 1. The minimum Gasteiger partial charge on any atom is -0.495 e. The van der Waals surface area contributed by atoms with E-state index in [2.05, 4.69) is 5.32 Å². The topological polar surface area (TPSA) is 90.6 Å². The first kappa shape index (κ1) is 17.3. The van der Waals surface area contributed by atoms with Crippen LogP contribution in [0.3, 0.4) is 0 Å². The van der Waals surface area contributed by atoms with Gasteiger partial charge in [0, 0.05) is 5.69 Å². The van der Waals surface area contributed by atoms with Crippen LogP contribution < -0.4 is 15.8 Å². The molecular weight excluding hydrogens is 308 g/mol. The van der Waals surface area contributed by atoms with Gasteiger partial charge in [0.05, 0.1) is 18.4 Å². The molecule has 0 unspecified atom stereocenters. The Hall–Kier alpha value is -3.02. The first-order valence-corrected chi connectivity index (χ1v) is 7.39. The Morgan fingerprint density at radius 2 is 1.79 bits per heavy atom. The fourth-order valence-electron chi connectivity index (χ4n) is 2.26. The standard InChI is InChI=1S/C18H20N2O4/c1-11-5-4-6-12(2)17(11)20-16(21)10-24-18(22)13-7-8-15(23-3)14(19)9-13/h4-9H,10,19H2,1-3H3,(H,20,21). The molecule has 0 spiro atoms. The Morgan fingerprint density at radius 3 is 2.38 bits per heavy atom. The quantitative estimate of drug-likeness (QED) is 0.650. The lowest BCUT2D eigenvalue weighted by Gasteiger charge is -2.12. The first-order chi connectivity index (χ1) is 11.4. The van der Waals surface area contributed by atoms with Crippen molar-refractivity contribution in [2.24, 2.45) is 0 Å². The highest BCUT2D eigenvalue weighted by Gasteiger charge is 2.13. The van der Waals surface area contributed by atoms with Crippen molar-refractivity contribution in [2.75, 3.05) is 24.8 Å². The third-order valence-electron chi connectivity index (χ3n) is 3.55. The maximum atomic E-state index is 12.0. The number of aryl methyl sites for hydroxylation is 2. The van der Waals surface area contributed by atoms with Gasteiger partial charge in [0.2, 0.25) is 0 Å². The third kappa shape index (κ3) is 4.04. The van der Waals surface area contributed by atoms with Crippen molar-refractivity contribution in [2.45, 2.75) is 13.8 Å². The number of para-hydroxylation sites is 1. The molecule has 0 aromatic heterocycles. The van der Waals surface area contributed by atoms with Crippen molar-refractivity contribution in [1.29, 1.82) is 0 Å². The Morgan fingerprint density at radius 1 is 1.12 bits per heavy atom. The summed E-state index contributed by atoms with van der Waals surface area (Å²) in [6.45, 7) is 3.42. The van der Waals surface area contributed by atoms with E-state index < -0.39 is 11.9 Å². The van der Waals surface area contributed by atoms with E-state index in [0.29, 0.717) is 11.4 Å². The summed E-state index contributed by atoms with van der Waals surface area (Å²) in [5, 5.41) is 2.75. The number of hydrogen-bond acceptors (Lipinski definition) is 5. The second-order valence-electron chi connectivity index (χ2n) is 5.35. The summed E-state index contributed by atoms with van der Waals surface area (Å²) in [6, 6.07) is 10.3. The smallest absolute Gasteiger partial charge is 0.338 e. The van der Waals surface area contributed by atoms with Gasteiger partial charge in [0.15, 0.2) is 6.61 Å². The summed E-state index contributed by atoms with van der Waals surface area (Å²) in [5.74, 6) is -0.553. The number of nitrogen functional groups attached to an aromatic ring is 1. The molecule has 24 heavy (non-hydrogen) atoms. The maximum Gasteiger partial charge on any atom is 0.338 e. The van der Waals surface area contributed by atoms with E-state index in [0.717, 1.165) is 16.8 Å². The molecule has 0 bridgehead atoms. The Balaban J connectivity index is 1.96. The van der Waals surface area contributed by atoms with Crippen LogP contribution in [-0.4, -0.2) is 25.6 Å². The van der Waals surface area contributed by atoms with Crippen LogP contribution in [0.2, 0.25) is 0 Å². The van der Waals surface area contributed by atoms with E-state index >= 15 is 0 Å². The Kier molecular flexibility index (Phi) is 5.42. The molecule has 0 atom stereocenters. The zero-order chi connectivity index (χ0) is 17.7. The molecule has 0 radical (unpaired) electrons. The Labute approximate surface area is 140 Å². The van der Waals surface area contributed by atoms with Gasteiger partial charge in [-0.2, -0.15) is 0 Å². The minimum absolute atomic E-state index is 0.258. The summed E-state index contributed by atoms with van der Waals surface area (Å²) in [4.78, 5) is 24.0. The van der Waals surface area contributed by atoms with Crippen LogP contribution in [0.25, 0.3) is 0 Å². The van der Waals surface area contributed by atoms with Crippen LogP contribution in [0.4, 0.5) is 11.4 Å². The van der Waals surface area contributed by atoms with Crippen LogP contribution >= 0.6 is 0 Å². The van der Waals surface area contributed by atoms with Gasteiger partial charge in [-0.3, -0.25) is 4.79 Å². The van der Waals surface area contributed by atoms with Crippen LogP contribution in [-0.2, 0) is 9.53 Å². The van der Waals surface area contributed by atoms with Crippen LogP contribution in [0.15, 0.2) is 36.4 Å². The van der Waals surface area contributed by atoms with Gasteiger partial charge < -0.3 is 20.5 Å². The fourth-order valence-corrected chi connectivity index (χ4v) is 2.26. The number of carbonyl (C=O) groups excluding carboxylic acids is 2. The second-order valence-corrected chi connectivity index (χ2v) is 5.35. The van der Waals surface area contributed by atoms with E-state index in [1.807, 2.05) is 32.0 Å². The number of rotatable bonds is 5. The lowest BCUT2D eigenvalue weighted by Crippen LogP contribution is -2.21. The molecule has 0 heterocycles. The molecule has 0 aliphatic carbocycles. The number of hydrogen-bond donors (Lipinski definition) is 2. The summed E-state index contributed by atoms with van der Waals surface area (Å²) < 4.78 is 10.0. The monoisotopic (exact) mass is 328 g/mol. The van der Waals surface area contributed by atoms with Crippen molar-refractivity contribution < 1.29 is 19.1 Å². The predicted octanol–water partition coefficient (Wildman–Crippen LogP) is 2.69. The van der Waals surface area contributed by atoms with E-state index in [9.17, 15) is 9.59 Å². The van der Waals surface area contributed by atoms with Gasteiger partial charge in [-0.1, -0.05) is 18.2 Å². The van der Waals surface area contributed by atoms with Crippen molar-refractivity contribution in [3.8, 4) is 5.75 Å². The number of esters is 1. The molecule has 0 fully saturated rings. The molecule has 126 valence electrons. The molecule has 6 heteroatoms.